The summed E-state index contributed by atoms with van der Waals surface area (Å²) in [6.45, 7) is 4.48. The summed E-state index contributed by atoms with van der Waals surface area (Å²) >= 11 is 0. The van der Waals surface area contributed by atoms with Crippen molar-refractivity contribution in [1.29, 1.82) is 0 Å². The van der Waals surface area contributed by atoms with Gasteiger partial charge in [-0.15, -0.1) is 0 Å². The van der Waals surface area contributed by atoms with Crippen molar-refractivity contribution in [2.75, 3.05) is 13.2 Å². The van der Waals surface area contributed by atoms with Gasteiger partial charge in [-0.2, -0.15) is 0 Å². The van der Waals surface area contributed by atoms with Crippen LogP contribution in [0.1, 0.15) is 37.1 Å². The zero-order valence-corrected chi connectivity index (χ0v) is 12.0. The van der Waals surface area contributed by atoms with Crippen molar-refractivity contribution < 1.29 is 9.15 Å². The van der Waals surface area contributed by atoms with Gasteiger partial charge in [0, 0.05) is 12.6 Å². The fourth-order valence-electron chi connectivity index (χ4n) is 2.20. The summed E-state index contributed by atoms with van der Waals surface area (Å²) in [6.07, 6.45) is 3.77. The van der Waals surface area contributed by atoms with Gasteiger partial charge in [-0.05, 0) is 37.1 Å². The molecular weight excluding hydrogens is 250 g/mol. The van der Waals surface area contributed by atoms with Gasteiger partial charge in [0.25, 0.3) is 0 Å². The zero-order valence-electron chi connectivity index (χ0n) is 12.0. The molecule has 0 saturated carbocycles. The van der Waals surface area contributed by atoms with E-state index in [9.17, 15) is 0 Å². The standard InChI is InChI=1S/C17H23NO2/c1-2-17(15-8-4-3-5-9-15)18-11-7-12-19-14-16-10-6-13-20-16/h3-6,8-10,13,17-18H,2,7,11-12,14H2,1H3. The van der Waals surface area contributed by atoms with E-state index in [1.807, 2.05) is 12.1 Å². The van der Waals surface area contributed by atoms with E-state index in [1.54, 1.807) is 6.26 Å². The molecular formula is C17H23NO2. The Balaban J connectivity index is 1.60. The molecule has 2 aromatic rings. The summed E-state index contributed by atoms with van der Waals surface area (Å²) in [4.78, 5) is 0. The van der Waals surface area contributed by atoms with Crippen LogP contribution in [0.25, 0.3) is 0 Å². The number of furan rings is 1. The smallest absolute Gasteiger partial charge is 0.129 e. The van der Waals surface area contributed by atoms with Crippen LogP contribution in [-0.2, 0) is 11.3 Å². The number of nitrogens with one attached hydrogen (secondary N) is 1. The van der Waals surface area contributed by atoms with Gasteiger partial charge >= 0.3 is 0 Å². The highest BCUT2D eigenvalue weighted by atomic mass is 16.5. The Morgan fingerprint density at radius 3 is 2.70 bits per heavy atom. The maximum Gasteiger partial charge on any atom is 0.129 e. The first-order chi connectivity index (χ1) is 9.90. The van der Waals surface area contributed by atoms with Gasteiger partial charge < -0.3 is 14.5 Å². The van der Waals surface area contributed by atoms with Gasteiger partial charge in [0.1, 0.15) is 12.4 Å². The molecule has 3 nitrogen and oxygen atoms in total. The zero-order chi connectivity index (χ0) is 14.0. The molecule has 0 saturated heterocycles. The third-order valence-electron chi connectivity index (χ3n) is 3.29. The van der Waals surface area contributed by atoms with Gasteiger partial charge in [-0.3, -0.25) is 0 Å². The van der Waals surface area contributed by atoms with Crippen LogP contribution < -0.4 is 5.32 Å². The molecule has 0 aliphatic heterocycles. The Morgan fingerprint density at radius 2 is 2.00 bits per heavy atom. The first kappa shape index (κ1) is 14.8. The summed E-state index contributed by atoms with van der Waals surface area (Å²) in [5.74, 6) is 0.883. The molecule has 108 valence electrons. The lowest BCUT2D eigenvalue weighted by molar-refractivity contribution is 0.103. The van der Waals surface area contributed by atoms with E-state index in [0.29, 0.717) is 12.6 Å². The van der Waals surface area contributed by atoms with Crippen molar-refractivity contribution in [2.45, 2.75) is 32.4 Å². The normalized spacial score (nSPS) is 12.4. The predicted octanol–water partition coefficient (Wildman–Crippen LogP) is 3.93. The Labute approximate surface area is 121 Å². The summed E-state index contributed by atoms with van der Waals surface area (Å²) in [5.41, 5.74) is 1.35. The molecule has 0 spiro atoms. The van der Waals surface area contributed by atoms with Crippen LogP contribution in [0, 0.1) is 0 Å². The van der Waals surface area contributed by atoms with Crippen molar-refractivity contribution in [2.24, 2.45) is 0 Å². The fraction of sp³-hybridized carbons (Fsp3) is 0.412. The van der Waals surface area contributed by atoms with Crippen molar-refractivity contribution in [3.8, 4) is 0 Å². The van der Waals surface area contributed by atoms with Gasteiger partial charge in [0.15, 0.2) is 0 Å². The van der Waals surface area contributed by atoms with Crippen LogP contribution >= 0.6 is 0 Å². The Hall–Kier alpha value is -1.58. The summed E-state index contributed by atoms with van der Waals surface area (Å²) < 4.78 is 10.8. The predicted molar refractivity (Wildman–Crippen MR) is 80.5 cm³/mol. The maximum absolute atomic E-state index is 5.57. The number of hydrogen-bond donors (Lipinski definition) is 1. The fourth-order valence-corrected chi connectivity index (χ4v) is 2.20. The molecule has 1 N–H and O–H groups in total. The van der Waals surface area contributed by atoms with E-state index in [4.69, 9.17) is 9.15 Å². The average molecular weight is 273 g/mol. The molecule has 2 rings (SSSR count). The van der Waals surface area contributed by atoms with E-state index in [2.05, 4.69) is 42.6 Å². The molecule has 0 aliphatic carbocycles. The monoisotopic (exact) mass is 273 g/mol. The SMILES string of the molecule is CCC(NCCCOCc1ccco1)c1ccccc1. The van der Waals surface area contributed by atoms with Crippen molar-refractivity contribution >= 4 is 0 Å². The average Bonchev–Trinajstić information content (AvgIpc) is 3.01. The lowest BCUT2D eigenvalue weighted by Crippen LogP contribution is -2.22. The molecule has 1 aromatic heterocycles. The second-order valence-corrected chi connectivity index (χ2v) is 4.81. The maximum atomic E-state index is 5.57. The highest BCUT2D eigenvalue weighted by molar-refractivity contribution is 5.18. The summed E-state index contributed by atoms with van der Waals surface area (Å²) in [5, 5.41) is 3.58. The minimum absolute atomic E-state index is 0.432. The number of benzene rings is 1. The van der Waals surface area contributed by atoms with Gasteiger partial charge in [-0.25, -0.2) is 0 Å². The van der Waals surface area contributed by atoms with E-state index in [1.165, 1.54) is 5.56 Å². The first-order valence-corrected chi connectivity index (χ1v) is 7.28. The molecule has 1 heterocycles. The molecule has 0 radical (unpaired) electrons. The van der Waals surface area contributed by atoms with E-state index in [0.717, 1.165) is 31.8 Å². The Bertz CT molecular complexity index is 453. The third-order valence-corrected chi connectivity index (χ3v) is 3.29. The molecule has 1 unspecified atom stereocenters. The van der Waals surface area contributed by atoms with Crippen molar-refractivity contribution in [3.05, 3.63) is 60.1 Å². The Morgan fingerprint density at radius 1 is 1.15 bits per heavy atom. The second-order valence-electron chi connectivity index (χ2n) is 4.81. The number of rotatable bonds is 9. The van der Waals surface area contributed by atoms with Gasteiger partial charge in [-0.1, -0.05) is 37.3 Å². The van der Waals surface area contributed by atoms with Crippen LogP contribution in [0.4, 0.5) is 0 Å². The lowest BCUT2D eigenvalue weighted by Gasteiger charge is -2.17. The summed E-state index contributed by atoms with van der Waals surface area (Å²) in [6, 6.07) is 14.8. The van der Waals surface area contributed by atoms with E-state index in [-0.39, 0.29) is 0 Å². The molecule has 0 fully saturated rings. The third kappa shape index (κ3) is 4.83. The molecule has 3 heteroatoms. The highest BCUT2D eigenvalue weighted by Crippen LogP contribution is 2.15. The topological polar surface area (TPSA) is 34.4 Å². The van der Waals surface area contributed by atoms with Crippen molar-refractivity contribution in [1.82, 2.24) is 5.32 Å². The molecule has 0 amide bonds. The van der Waals surface area contributed by atoms with Gasteiger partial charge in [0.05, 0.1) is 6.26 Å². The minimum Gasteiger partial charge on any atom is -0.467 e. The van der Waals surface area contributed by atoms with Crippen LogP contribution in [0.2, 0.25) is 0 Å². The summed E-state index contributed by atoms with van der Waals surface area (Å²) in [7, 11) is 0. The molecule has 1 aromatic carbocycles. The number of ether oxygens (including phenoxy) is 1. The highest BCUT2D eigenvalue weighted by Gasteiger charge is 2.06. The van der Waals surface area contributed by atoms with Crippen molar-refractivity contribution in [3.63, 3.8) is 0 Å². The van der Waals surface area contributed by atoms with E-state index < -0.39 is 0 Å². The minimum atomic E-state index is 0.432. The largest absolute Gasteiger partial charge is 0.467 e. The molecule has 1 atom stereocenters. The quantitative estimate of drug-likeness (QED) is 0.703. The lowest BCUT2D eigenvalue weighted by atomic mass is 10.0. The Kier molecular flexibility index (Phi) is 6.35. The molecule has 0 bridgehead atoms. The van der Waals surface area contributed by atoms with Crippen LogP contribution in [0.15, 0.2) is 53.1 Å². The van der Waals surface area contributed by atoms with Crippen LogP contribution in [0.3, 0.4) is 0 Å². The van der Waals surface area contributed by atoms with Crippen LogP contribution in [0.5, 0.6) is 0 Å². The van der Waals surface area contributed by atoms with E-state index >= 15 is 0 Å². The molecule has 20 heavy (non-hydrogen) atoms. The van der Waals surface area contributed by atoms with Crippen LogP contribution in [-0.4, -0.2) is 13.2 Å². The second kappa shape index (κ2) is 8.56. The molecule has 0 aliphatic rings. The first-order valence-electron chi connectivity index (χ1n) is 7.28. The van der Waals surface area contributed by atoms with Gasteiger partial charge in [0.2, 0.25) is 0 Å². The number of hydrogen-bond acceptors (Lipinski definition) is 3.